The fourth-order valence-corrected chi connectivity index (χ4v) is 5.85. The van der Waals surface area contributed by atoms with E-state index in [1.165, 1.54) is 37.9 Å². The van der Waals surface area contributed by atoms with Crippen molar-refractivity contribution in [1.82, 2.24) is 15.0 Å². The number of aryl methyl sites for hydroxylation is 3. The molecule has 0 amide bonds. The molecule has 1 fully saturated rings. The van der Waals surface area contributed by atoms with Gasteiger partial charge in [-0.1, -0.05) is 37.9 Å². The molecule has 3 aromatic carbocycles. The lowest BCUT2D eigenvalue weighted by Crippen LogP contribution is -2.41. The summed E-state index contributed by atoms with van der Waals surface area (Å²) in [4.78, 5) is 20.1. The Morgan fingerprint density at radius 1 is 0.649 bits per heavy atom. The van der Waals surface area contributed by atoms with Crippen molar-refractivity contribution >= 4 is 67.0 Å². The molecule has 298 valence electrons. The fourth-order valence-electron chi connectivity index (χ4n) is 4.71. The maximum absolute atomic E-state index is 12.9. The highest BCUT2D eigenvalue weighted by Crippen LogP contribution is 2.37. The molecule has 0 atom stereocenters. The number of H-pyrrole nitrogens is 1. The molecular weight excluding hydrogens is 981 g/mol. The summed E-state index contributed by atoms with van der Waals surface area (Å²) in [7, 11) is -0.409. The normalized spacial score (nSPS) is 13.5. The fraction of sp³-hybridized carbons (Fsp3) is 0.214. The number of hydrogen-bond acceptors (Lipinski definition) is 7. The monoisotopic (exact) mass is 1020 g/mol. The second-order valence-corrected chi connectivity index (χ2v) is 16.6. The molecule has 4 heterocycles. The predicted octanol–water partition coefficient (Wildman–Crippen LogP) is 11.6. The third-order valence-corrected chi connectivity index (χ3v) is 11.0. The van der Waals surface area contributed by atoms with Gasteiger partial charge < -0.3 is 23.8 Å². The van der Waals surface area contributed by atoms with E-state index in [1.54, 1.807) is 0 Å². The third kappa shape index (κ3) is 14.1. The van der Waals surface area contributed by atoms with Gasteiger partial charge in [0.2, 0.25) is 17.3 Å². The number of pyridine rings is 3. The Labute approximate surface area is 361 Å². The first kappa shape index (κ1) is 45.7. The first-order chi connectivity index (χ1) is 26.8. The van der Waals surface area contributed by atoms with Crippen molar-refractivity contribution in [3.8, 4) is 23.3 Å². The summed E-state index contributed by atoms with van der Waals surface area (Å²) in [5.41, 5.74) is 3.28. The summed E-state index contributed by atoms with van der Waals surface area (Å²) in [6, 6.07) is 25.4. The van der Waals surface area contributed by atoms with Crippen molar-refractivity contribution in [3.63, 3.8) is 0 Å². The standard InChI is InChI=1S/C18H21BFNO3.C12H9BrFNO.C7H6BrI.C5H4FNO/c1-12-10-14(22-16-9-6-13(20)11-21-16)7-8-15(12)19-23-17(2,3)18(4,5)24-19;1-8-6-10(3-4-11(8)13)16-12-5-2-9(14)7-15-12;1-5-4-6(9)2-3-7(5)8;6-4-1-2-5(8)7-3-4/h6-11H,1-5H3;2-7H,1H3;2-4H,1H3;1-3H,(H,7,8). The van der Waals surface area contributed by atoms with Crippen LogP contribution in [0.25, 0.3) is 0 Å². The number of halogens is 6. The maximum Gasteiger partial charge on any atom is 0.495 e. The maximum atomic E-state index is 12.9. The predicted molar refractivity (Wildman–Crippen MR) is 233 cm³/mol. The molecule has 0 radical (unpaired) electrons. The number of aromatic amines is 1. The quantitative estimate of drug-likeness (QED) is 0.136. The molecule has 1 aliphatic heterocycles. The van der Waals surface area contributed by atoms with Gasteiger partial charge in [-0.15, -0.1) is 0 Å². The van der Waals surface area contributed by atoms with Crippen molar-refractivity contribution in [2.45, 2.75) is 59.7 Å². The van der Waals surface area contributed by atoms with E-state index in [0.29, 0.717) is 23.3 Å². The van der Waals surface area contributed by atoms with Crippen LogP contribution in [-0.4, -0.2) is 33.3 Å². The van der Waals surface area contributed by atoms with E-state index in [2.05, 4.69) is 94.5 Å². The number of ether oxygens (including phenoxy) is 2. The summed E-state index contributed by atoms with van der Waals surface area (Å²) in [5, 5.41) is 0. The molecule has 1 aliphatic rings. The Balaban J connectivity index is 0.000000186. The van der Waals surface area contributed by atoms with Crippen LogP contribution >= 0.6 is 54.5 Å². The molecule has 0 spiro atoms. The molecule has 7 rings (SSSR count). The Bertz CT molecular complexity index is 2280. The summed E-state index contributed by atoms with van der Waals surface area (Å²) in [5.74, 6) is 0.840. The average Bonchev–Trinajstić information content (AvgIpc) is 3.37. The average molecular weight is 1020 g/mol. The van der Waals surface area contributed by atoms with Crippen LogP contribution in [0.4, 0.5) is 13.2 Å². The highest BCUT2D eigenvalue weighted by molar-refractivity contribution is 14.1. The van der Waals surface area contributed by atoms with Gasteiger partial charge >= 0.3 is 7.12 Å². The highest BCUT2D eigenvalue weighted by Gasteiger charge is 2.52. The van der Waals surface area contributed by atoms with Crippen LogP contribution in [0.15, 0.2) is 123 Å². The molecule has 15 heteroatoms. The van der Waals surface area contributed by atoms with Crippen LogP contribution in [0, 0.1) is 41.8 Å². The lowest BCUT2D eigenvalue weighted by atomic mass is 9.76. The summed E-state index contributed by atoms with van der Waals surface area (Å²) < 4.78 is 64.2. The molecule has 1 saturated heterocycles. The van der Waals surface area contributed by atoms with Gasteiger partial charge in [0, 0.05) is 36.9 Å². The molecule has 0 bridgehead atoms. The molecule has 6 aromatic rings. The molecule has 8 nitrogen and oxygen atoms in total. The number of nitrogens with one attached hydrogen (secondary N) is 1. The van der Waals surface area contributed by atoms with Gasteiger partial charge in [0.15, 0.2) is 0 Å². The number of rotatable bonds is 5. The SMILES string of the molecule is Cc1cc(I)ccc1Br.Cc1cc(Oc2ccc(F)cn2)ccc1B1OC(C)(C)C(C)(C)O1.Cc1cc(Oc2ccc(F)cn2)ccc1Br.O=c1ccc(F)c[nH]1. The first-order valence-electron chi connectivity index (χ1n) is 17.4. The largest absolute Gasteiger partial charge is 0.495 e. The van der Waals surface area contributed by atoms with Crippen LogP contribution < -0.4 is 20.5 Å². The summed E-state index contributed by atoms with van der Waals surface area (Å²) >= 11 is 9.13. The minimum atomic E-state index is -0.426. The Morgan fingerprint density at radius 3 is 1.53 bits per heavy atom. The third-order valence-electron chi connectivity index (χ3n) is 8.59. The number of hydrogen-bond donors (Lipinski definition) is 1. The van der Waals surface area contributed by atoms with Crippen LogP contribution in [0.3, 0.4) is 0 Å². The van der Waals surface area contributed by atoms with Crippen molar-refractivity contribution < 1.29 is 32.0 Å². The number of aromatic nitrogens is 3. The summed E-state index contributed by atoms with van der Waals surface area (Å²) in [6.07, 6.45) is 3.27. The van der Waals surface area contributed by atoms with E-state index >= 15 is 0 Å². The molecule has 1 N–H and O–H groups in total. The van der Waals surface area contributed by atoms with Crippen molar-refractivity contribution in [2.24, 2.45) is 0 Å². The van der Waals surface area contributed by atoms with E-state index in [1.807, 2.05) is 77.9 Å². The lowest BCUT2D eigenvalue weighted by Gasteiger charge is -2.32. The van der Waals surface area contributed by atoms with Gasteiger partial charge in [0.1, 0.15) is 29.0 Å². The van der Waals surface area contributed by atoms with Gasteiger partial charge in [-0.05, 0) is 160 Å². The number of benzene rings is 3. The Hall–Kier alpha value is -4.03. The minimum absolute atomic E-state index is 0.286. The minimum Gasteiger partial charge on any atom is -0.439 e. The number of nitrogens with zero attached hydrogens (tertiary/aromatic N) is 2. The van der Waals surface area contributed by atoms with Crippen molar-refractivity contribution in [3.05, 3.63) is 167 Å². The molecule has 0 unspecified atom stereocenters. The molecule has 0 saturated carbocycles. The zero-order valence-electron chi connectivity index (χ0n) is 32.2. The molecule has 3 aromatic heterocycles. The summed E-state index contributed by atoms with van der Waals surface area (Å²) in [6.45, 7) is 14.1. The van der Waals surface area contributed by atoms with Gasteiger partial charge in [-0.25, -0.2) is 23.1 Å². The van der Waals surface area contributed by atoms with Crippen LogP contribution in [0.5, 0.6) is 23.3 Å². The van der Waals surface area contributed by atoms with E-state index < -0.39 is 18.8 Å². The Morgan fingerprint density at radius 2 is 1.12 bits per heavy atom. The van der Waals surface area contributed by atoms with E-state index in [4.69, 9.17) is 18.8 Å². The van der Waals surface area contributed by atoms with Crippen LogP contribution in [0.1, 0.15) is 44.4 Å². The van der Waals surface area contributed by atoms with Crippen molar-refractivity contribution in [1.29, 1.82) is 0 Å². The second kappa shape index (κ2) is 20.6. The van der Waals surface area contributed by atoms with Gasteiger partial charge in [-0.3, -0.25) is 4.79 Å². The smallest absolute Gasteiger partial charge is 0.439 e. The second-order valence-electron chi connectivity index (χ2n) is 13.6. The van der Waals surface area contributed by atoms with Crippen LogP contribution in [-0.2, 0) is 9.31 Å². The van der Waals surface area contributed by atoms with Gasteiger partial charge in [-0.2, -0.15) is 0 Å². The van der Waals surface area contributed by atoms with Crippen molar-refractivity contribution in [2.75, 3.05) is 0 Å². The van der Waals surface area contributed by atoms with Gasteiger partial charge in [0.05, 0.1) is 23.6 Å². The topological polar surface area (TPSA) is 95.6 Å². The zero-order valence-corrected chi connectivity index (χ0v) is 37.5. The first-order valence-corrected chi connectivity index (χ1v) is 20.1. The molecular formula is C42H40BBr2F3IN3O5. The lowest BCUT2D eigenvalue weighted by molar-refractivity contribution is 0.00578. The molecule has 57 heavy (non-hydrogen) atoms. The highest BCUT2D eigenvalue weighted by atomic mass is 127. The van der Waals surface area contributed by atoms with Crippen LogP contribution in [0.2, 0.25) is 0 Å². The van der Waals surface area contributed by atoms with E-state index in [0.717, 1.165) is 51.8 Å². The zero-order chi connectivity index (χ0) is 41.9. The van der Waals surface area contributed by atoms with E-state index in [9.17, 15) is 18.0 Å². The van der Waals surface area contributed by atoms with E-state index in [-0.39, 0.29) is 22.6 Å². The molecule has 0 aliphatic carbocycles. The Kier molecular flexibility index (Phi) is 16.5. The van der Waals surface area contributed by atoms with Gasteiger partial charge in [0.25, 0.3) is 0 Å².